The van der Waals surface area contributed by atoms with Crippen LogP contribution in [0.3, 0.4) is 0 Å². The molecule has 0 radical (unpaired) electrons. The maximum absolute atomic E-state index is 10.7. The summed E-state index contributed by atoms with van der Waals surface area (Å²) in [5.41, 5.74) is 1.06. The molecule has 0 fully saturated rings. The summed E-state index contributed by atoms with van der Waals surface area (Å²) in [7, 11) is -4.58. The zero-order chi connectivity index (χ0) is 10.8. The van der Waals surface area contributed by atoms with Crippen molar-refractivity contribution >= 4 is 12.9 Å². The van der Waals surface area contributed by atoms with E-state index in [4.69, 9.17) is 0 Å². The molecule has 1 atom stereocenters. The van der Waals surface area contributed by atoms with Crippen LogP contribution in [0.4, 0.5) is 0 Å². The quantitative estimate of drug-likeness (QED) is 0.694. The predicted molar refractivity (Wildman–Crippen MR) is 52.4 cm³/mol. The van der Waals surface area contributed by atoms with Gasteiger partial charge in [-0.3, -0.25) is 0 Å². The molecule has 0 amide bonds. The second kappa shape index (κ2) is 4.26. The van der Waals surface area contributed by atoms with E-state index in [9.17, 15) is 14.4 Å². The SMILES string of the molecule is CCC(C)c1ccc(P(=O)([O-])[O-])cc1. The van der Waals surface area contributed by atoms with Gasteiger partial charge in [0.2, 0.25) is 0 Å². The Labute approximate surface area is 83.9 Å². The Morgan fingerprint density at radius 2 is 1.79 bits per heavy atom. The second-order valence-corrected chi connectivity index (χ2v) is 4.91. The molecule has 0 aliphatic heterocycles. The third-order valence-electron chi connectivity index (χ3n) is 2.39. The molecule has 0 heterocycles. The Balaban J connectivity index is 2.95. The standard InChI is InChI=1S/C10H15O3P/c1-3-8(2)9-4-6-10(7-5-9)14(11,12)13/h4-8H,3H2,1-2H3,(H2,11,12,13)/p-2. The van der Waals surface area contributed by atoms with Crippen LogP contribution in [0, 0.1) is 0 Å². The van der Waals surface area contributed by atoms with Crippen LogP contribution >= 0.6 is 7.60 Å². The van der Waals surface area contributed by atoms with Crippen molar-refractivity contribution in [3.63, 3.8) is 0 Å². The lowest BCUT2D eigenvalue weighted by Gasteiger charge is -2.30. The normalized spacial score (nSPS) is 14.0. The van der Waals surface area contributed by atoms with Crippen molar-refractivity contribution in [2.24, 2.45) is 0 Å². The Bertz CT molecular complexity index is 339. The Hall–Kier alpha value is -0.630. The molecule has 0 spiro atoms. The molecule has 1 rings (SSSR count). The van der Waals surface area contributed by atoms with Gasteiger partial charge < -0.3 is 14.4 Å². The minimum Gasteiger partial charge on any atom is -0.807 e. The number of hydrogen-bond donors (Lipinski definition) is 0. The molecule has 0 bridgehead atoms. The molecule has 1 unspecified atom stereocenters. The third kappa shape index (κ3) is 2.68. The van der Waals surface area contributed by atoms with Crippen molar-refractivity contribution in [1.82, 2.24) is 0 Å². The molecule has 0 saturated carbocycles. The topological polar surface area (TPSA) is 63.2 Å². The molecule has 3 nitrogen and oxygen atoms in total. The zero-order valence-corrected chi connectivity index (χ0v) is 9.16. The first kappa shape index (κ1) is 11.4. The van der Waals surface area contributed by atoms with E-state index in [0.29, 0.717) is 5.92 Å². The van der Waals surface area contributed by atoms with Crippen molar-refractivity contribution in [2.45, 2.75) is 26.2 Å². The summed E-state index contributed by atoms with van der Waals surface area (Å²) < 4.78 is 10.7. The molecule has 0 aliphatic carbocycles. The van der Waals surface area contributed by atoms with E-state index in [-0.39, 0.29) is 5.30 Å². The van der Waals surface area contributed by atoms with Crippen LogP contribution in [0.15, 0.2) is 24.3 Å². The molecule has 0 aliphatic rings. The van der Waals surface area contributed by atoms with E-state index >= 15 is 0 Å². The lowest BCUT2D eigenvalue weighted by molar-refractivity contribution is -0.307. The highest BCUT2D eigenvalue weighted by Crippen LogP contribution is 2.24. The van der Waals surface area contributed by atoms with Crippen molar-refractivity contribution in [3.8, 4) is 0 Å². The first-order valence-corrected chi connectivity index (χ1v) is 6.12. The first-order valence-electron chi connectivity index (χ1n) is 4.57. The molecule has 14 heavy (non-hydrogen) atoms. The van der Waals surface area contributed by atoms with Crippen LogP contribution in [-0.4, -0.2) is 0 Å². The van der Waals surface area contributed by atoms with Gasteiger partial charge in [-0.05, 0) is 30.8 Å². The van der Waals surface area contributed by atoms with Gasteiger partial charge in [0, 0.05) is 0 Å². The van der Waals surface area contributed by atoms with Gasteiger partial charge in [-0.25, -0.2) is 0 Å². The van der Waals surface area contributed by atoms with Gasteiger partial charge in [-0.15, -0.1) is 0 Å². The van der Waals surface area contributed by atoms with Gasteiger partial charge in [0.05, 0.1) is 0 Å². The van der Waals surface area contributed by atoms with Gasteiger partial charge in [-0.2, -0.15) is 0 Å². The summed E-state index contributed by atoms with van der Waals surface area (Å²) in [6.07, 6.45) is 0.992. The fourth-order valence-corrected chi connectivity index (χ4v) is 1.74. The van der Waals surface area contributed by atoms with Gasteiger partial charge in [0.15, 0.2) is 0 Å². The molecule has 1 aromatic carbocycles. The van der Waals surface area contributed by atoms with E-state index in [0.717, 1.165) is 12.0 Å². The second-order valence-electron chi connectivity index (χ2n) is 3.40. The predicted octanol–water partition coefficient (Wildman–Crippen LogP) is 0.739. The maximum Gasteiger partial charge on any atom is -0.0156 e. The fraction of sp³-hybridized carbons (Fsp3) is 0.400. The van der Waals surface area contributed by atoms with E-state index < -0.39 is 7.60 Å². The smallest absolute Gasteiger partial charge is 0.0156 e. The summed E-state index contributed by atoms with van der Waals surface area (Å²) >= 11 is 0. The lowest BCUT2D eigenvalue weighted by atomic mass is 9.99. The molecule has 0 aromatic heterocycles. The average Bonchev–Trinajstić information content (AvgIpc) is 2.15. The number of hydrogen-bond acceptors (Lipinski definition) is 3. The number of benzene rings is 1. The zero-order valence-electron chi connectivity index (χ0n) is 8.27. The number of rotatable bonds is 3. The maximum atomic E-state index is 10.7. The van der Waals surface area contributed by atoms with Crippen LogP contribution in [0.1, 0.15) is 31.7 Å². The minimum atomic E-state index is -4.58. The van der Waals surface area contributed by atoms with Gasteiger partial charge in [0.1, 0.15) is 0 Å². The molecule has 0 saturated heterocycles. The van der Waals surface area contributed by atoms with E-state index in [2.05, 4.69) is 13.8 Å². The van der Waals surface area contributed by atoms with Crippen molar-refractivity contribution in [2.75, 3.05) is 0 Å². The highest BCUT2D eigenvalue weighted by Gasteiger charge is 2.03. The van der Waals surface area contributed by atoms with Crippen LogP contribution < -0.4 is 15.1 Å². The fourth-order valence-electron chi connectivity index (χ4n) is 1.22. The summed E-state index contributed by atoms with van der Waals surface area (Å²) in [5.74, 6) is 0.390. The van der Waals surface area contributed by atoms with Crippen molar-refractivity contribution in [1.29, 1.82) is 0 Å². The van der Waals surface area contributed by atoms with Crippen LogP contribution in [-0.2, 0) is 4.57 Å². The monoisotopic (exact) mass is 212 g/mol. The molecular weight excluding hydrogens is 199 g/mol. The average molecular weight is 212 g/mol. The van der Waals surface area contributed by atoms with E-state index in [1.54, 1.807) is 12.1 Å². The van der Waals surface area contributed by atoms with Gasteiger partial charge >= 0.3 is 0 Å². The highest BCUT2D eigenvalue weighted by molar-refractivity contribution is 7.57. The molecule has 78 valence electrons. The molecular formula is C10H13O3P-2. The summed E-state index contributed by atoms with van der Waals surface area (Å²) in [6, 6.07) is 6.16. The Morgan fingerprint density at radius 3 is 2.14 bits per heavy atom. The van der Waals surface area contributed by atoms with Gasteiger partial charge in [-0.1, -0.05) is 38.1 Å². The van der Waals surface area contributed by atoms with Crippen LogP contribution in [0.25, 0.3) is 0 Å². The highest BCUT2D eigenvalue weighted by atomic mass is 31.2. The lowest BCUT2D eigenvalue weighted by Crippen LogP contribution is -2.24. The molecule has 1 aromatic rings. The minimum absolute atomic E-state index is 0.135. The van der Waals surface area contributed by atoms with E-state index in [1.807, 2.05) is 0 Å². The Kier molecular flexibility index (Phi) is 3.48. The molecule has 4 heteroatoms. The van der Waals surface area contributed by atoms with Crippen LogP contribution in [0.2, 0.25) is 0 Å². The van der Waals surface area contributed by atoms with E-state index in [1.165, 1.54) is 12.1 Å². The first-order chi connectivity index (χ1) is 6.45. The largest absolute Gasteiger partial charge is 0.807 e. The third-order valence-corrected chi connectivity index (χ3v) is 3.32. The van der Waals surface area contributed by atoms with Crippen molar-refractivity contribution in [3.05, 3.63) is 29.8 Å². The van der Waals surface area contributed by atoms with Crippen LogP contribution in [0.5, 0.6) is 0 Å². The Morgan fingerprint density at radius 1 is 1.29 bits per heavy atom. The summed E-state index contributed by atoms with van der Waals surface area (Å²) in [6.45, 7) is 4.12. The summed E-state index contributed by atoms with van der Waals surface area (Å²) in [4.78, 5) is 21.3. The van der Waals surface area contributed by atoms with Crippen molar-refractivity contribution < 1.29 is 14.4 Å². The summed E-state index contributed by atoms with van der Waals surface area (Å²) in [5, 5.41) is -0.135. The van der Waals surface area contributed by atoms with Gasteiger partial charge in [0.25, 0.3) is 0 Å². The molecule has 0 N–H and O–H groups in total.